The van der Waals surface area contributed by atoms with Crippen LogP contribution in [0.25, 0.3) is 0 Å². The lowest BCUT2D eigenvalue weighted by Crippen LogP contribution is -2.38. The minimum Gasteiger partial charge on any atom is -0.477 e. The molecule has 1 heterocycles. The number of carboxylic acids is 1. The lowest BCUT2D eigenvalue weighted by molar-refractivity contribution is 0.0689. The molecule has 0 unspecified atom stereocenters. The number of amides is 1. The second-order valence-corrected chi connectivity index (χ2v) is 5.41. The maximum atomic E-state index is 12.1. The highest BCUT2D eigenvalue weighted by molar-refractivity contribution is 5.95. The van der Waals surface area contributed by atoms with Crippen LogP contribution in [0.15, 0.2) is 18.3 Å². The van der Waals surface area contributed by atoms with Gasteiger partial charge in [-0.3, -0.25) is 4.79 Å². The minimum absolute atomic E-state index is 0.0440. The molecule has 0 atom stereocenters. The summed E-state index contributed by atoms with van der Waals surface area (Å²) in [4.78, 5) is 26.6. The number of hydrogen-bond acceptors (Lipinski definition) is 3. The quantitative estimate of drug-likeness (QED) is 0.844. The molecule has 0 radical (unpaired) electrons. The number of carboxylic acid groups (broad SMARTS) is 1. The van der Waals surface area contributed by atoms with Gasteiger partial charge in [0.05, 0.1) is 5.56 Å². The van der Waals surface area contributed by atoms with E-state index in [1.165, 1.54) is 44.0 Å². The van der Waals surface area contributed by atoms with Gasteiger partial charge in [-0.05, 0) is 49.7 Å². The van der Waals surface area contributed by atoms with E-state index in [2.05, 4.69) is 10.3 Å². The van der Waals surface area contributed by atoms with Gasteiger partial charge >= 0.3 is 5.97 Å². The van der Waals surface area contributed by atoms with Gasteiger partial charge in [-0.1, -0.05) is 0 Å². The van der Waals surface area contributed by atoms with Crippen LogP contribution in [0.4, 0.5) is 0 Å². The van der Waals surface area contributed by atoms with Crippen LogP contribution in [0.5, 0.6) is 0 Å². The standard InChI is InChI=1S/C14H16N2O3/c17-13(10-5-6-11(14(18)19)15-7-10)16-12(8-1-2-8)9-3-4-9/h5-9,12H,1-4H2,(H,16,17)(H,18,19). The fourth-order valence-corrected chi connectivity index (χ4v) is 2.42. The average Bonchev–Trinajstić information content (AvgIpc) is 3.29. The van der Waals surface area contributed by atoms with Gasteiger partial charge in [0, 0.05) is 12.2 Å². The molecule has 1 aromatic heterocycles. The number of carbonyl (C=O) groups excluding carboxylic acids is 1. The molecule has 0 saturated heterocycles. The smallest absolute Gasteiger partial charge is 0.354 e. The van der Waals surface area contributed by atoms with E-state index in [1.54, 1.807) is 0 Å². The van der Waals surface area contributed by atoms with E-state index in [1.807, 2.05) is 0 Å². The van der Waals surface area contributed by atoms with Crippen LogP contribution in [-0.4, -0.2) is 28.0 Å². The summed E-state index contributed by atoms with van der Waals surface area (Å²) < 4.78 is 0. The first-order valence-electron chi connectivity index (χ1n) is 6.65. The number of aromatic carboxylic acids is 1. The van der Waals surface area contributed by atoms with Crippen LogP contribution >= 0.6 is 0 Å². The topological polar surface area (TPSA) is 79.3 Å². The molecule has 3 rings (SSSR count). The molecule has 1 amide bonds. The first-order chi connectivity index (χ1) is 9.15. The van der Waals surface area contributed by atoms with Gasteiger partial charge < -0.3 is 10.4 Å². The van der Waals surface area contributed by atoms with E-state index in [4.69, 9.17) is 5.11 Å². The number of aromatic nitrogens is 1. The van der Waals surface area contributed by atoms with E-state index in [0.29, 0.717) is 23.4 Å². The molecule has 2 saturated carbocycles. The van der Waals surface area contributed by atoms with Crippen molar-refractivity contribution in [3.63, 3.8) is 0 Å². The lowest BCUT2D eigenvalue weighted by atomic mass is 10.1. The predicted molar refractivity (Wildman–Crippen MR) is 67.9 cm³/mol. The van der Waals surface area contributed by atoms with Crippen molar-refractivity contribution in [2.45, 2.75) is 31.7 Å². The van der Waals surface area contributed by atoms with Gasteiger partial charge in [-0.15, -0.1) is 0 Å². The molecule has 0 bridgehead atoms. The highest BCUT2D eigenvalue weighted by atomic mass is 16.4. The number of hydrogen-bond donors (Lipinski definition) is 2. The van der Waals surface area contributed by atoms with Gasteiger partial charge in [0.15, 0.2) is 0 Å². The molecular weight excluding hydrogens is 244 g/mol. The molecule has 1 aromatic rings. The first kappa shape index (κ1) is 12.1. The second kappa shape index (κ2) is 4.64. The first-order valence-corrected chi connectivity index (χ1v) is 6.65. The van der Waals surface area contributed by atoms with Crippen LogP contribution in [0.2, 0.25) is 0 Å². The molecule has 0 aliphatic heterocycles. The van der Waals surface area contributed by atoms with Gasteiger partial charge in [0.1, 0.15) is 5.69 Å². The molecule has 19 heavy (non-hydrogen) atoms. The molecule has 2 aliphatic carbocycles. The van der Waals surface area contributed by atoms with E-state index >= 15 is 0 Å². The third kappa shape index (κ3) is 2.75. The zero-order valence-electron chi connectivity index (χ0n) is 10.5. The third-order valence-corrected chi connectivity index (χ3v) is 3.80. The molecule has 100 valence electrons. The van der Waals surface area contributed by atoms with Crippen LogP contribution in [-0.2, 0) is 0 Å². The van der Waals surface area contributed by atoms with Crippen LogP contribution in [0.3, 0.4) is 0 Å². The van der Waals surface area contributed by atoms with Gasteiger partial charge in [0.25, 0.3) is 5.91 Å². The Morgan fingerprint density at radius 1 is 1.21 bits per heavy atom. The molecule has 0 spiro atoms. The molecule has 5 nitrogen and oxygen atoms in total. The Morgan fingerprint density at radius 3 is 2.26 bits per heavy atom. The van der Waals surface area contributed by atoms with Crippen LogP contribution in [0, 0.1) is 11.8 Å². The van der Waals surface area contributed by atoms with E-state index in [0.717, 1.165) is 0 Å². The Kier molecular flexibility index (Phi) is 2.97. The van der Waals surface area contributed by atoms with E-state index < -0.39 is 5.97 Å². The number of rotatable bonds is 5. The van der Waals surface area contributed by atoms with Gasteiger partial charge in [-0.25, -0.2) is 9.78 Å². The Balaban J connectivity index is 1.67. The zero-order chi connectivity index (χ0) is 13.4. The summed E-state index contributed by atoms with van der Waals surface area (Å²) in [5, 5.41) is 11.8. The van der Waals surface area contributed by atoms with Crippen molar-refractivity contribution in [2.75, 3.05) is 0 Å². The summed E-state index contributed by atoms with van der Waals surface area (Å²) in [5.74, 6) is 0.0550. The number of pyridine rings is 1. The zero-order valence-corrected chi connectivity index (χ0v) is 10.5. The average molecular weight is 260 g/mol. The molecule has 2 N–H and O–H groups in total. The summed E-state index contributed by atoms with van der Waals surface area (Å²) in [6.07, 6.45) is 6.15. The molecular formula is C14H16N2O3. The Bertz CT molecular complexity index is 492. The van der Waals surface area contributed by atoms with Crippen molar-refractivity contribution in [3.8, 4) is 0 Å². The summed E-state index contributed by atoms with van der Waals surface area (Å²) in [5.41, 5.74) is 0.383. The fraction of sp³-hybridized carbons (Fsp3) is 0.500. The molecule has 2 aliphatic rings. The SMILES string of the molecule is O=C(NC(C1CC1)C1CC1)c1ccc(C(=O)O)nc1. The maximum absolute atomic E-state index is 12.1. The van der Waals surface area contributed by atoms with Crippen LogP contribution < -0.4 is 5.32 Å². The predicted octanol–water partition coefficient (Wildman–Crippen LogP) is 1.70. The summed E-state index contributed by atoms with van der Waals surface area (Å²) in [6.45, 7) is 0. The van der Waals surface area contributed by atoms with Crippen molar-refractivity contribution < 1.29 is 14.7 Å². The maximum Gasteiger partial charge on any atom is 0.354 e. The van der Waals surface area contributed by atoms with Crippen molar-refractivity contribution in [1.29, 1.82) is 0 Å². The number of nitrogens with zero attached hydrogens (tertiary/aromatic N) is 1. The summed E-state index contributed by atoms with van der Waals surface area (Å²) in [7, 11) is 0. The summed E-state index contributed by atoms with van der Waals surface area (Å²) in [6, 6.07) is 3.18. The summed E-state index contributed by atoms with van der Waals surface area (Å²) >= 11 is 0. The van der Waals surface area contributed by atoms with Crippen molar-refractivity contribution in [2.24, 2.45) is 11.8 Å². The van der Waals surface area contributed by atoms with E-state index in [9.17, 15) is 9.59 Å². The lowest BCUT2D eigenvalue weighted by Gasteiger charge is -2.17. The molecule has 5 heteroatoms. The Labute approximate surface area is 111 Å². The van der Waals surface area contributed by atoms with Gasteiger partial charge in [0.2, 0.25) is 0 Å². The minimum atomic E-state index is -1.08. The highest BCUT2D eigenvalue weighted by Gasteiger charge is 2.42. The Hall–Kier alpha value is -1.91. The number of carbonyl (C=O) groups is 2. The third-order valence-electron chi connectivity index (χ3n) is 3.80. The molecule has 0 aromatic carbocycles. The second-order valence-electron chi connectivity index (χ2n) is 5.41. The fourth-order valence-electron chi connectivity index (χ4n) is 2.42. The molecule has 2 fully saturated rings. The Morgan fingerprint density at radius 2 is 1.84 bits per heavy atom. The van der Waals surface area contributed by atoms with Gasteiger partial charge in [-0.2, -0.15) is 0 Å². The van der Waals surface area contributed by atoms with Crippen LogP contribution in [0.1, 0.15) is 46.5 Å². The number of nitrogens with one attached hydrogen (secondary N) is 1. The normalized spacial score (nSPS) is 18.4. The van der Waals surface area contributed by atoms with E-state index in [-0.39, 0.29) is 11.6 Å². The van der Waals surface area contributed by atoms with Crippen molar-refractivity contribution in [1.82, 2.24) is 10.3 Å². The van der Waals surface area contributed by atoms with Crippen molar-refractivity contribution >= 4 is 11.9 Å². The monoisotopic (exact) mass is 260 g/mol. The van der Waals surface area contributed by atoms with Crippen molar-refractivity contribution in [3.05, 3.63) is 29.6 Å². The highest BCUT2D eigenvalue weighted by Crippen LogP contribution is 2.44. The largest absolute Gasteiger partial charge is 0.477 e.